The van der Waals surface area contributed by atoms with Crippen molar-refractivity contribution in [3.8, 4) is 0 Å². The van der Waals surface area contributed by atoms with Crippen molar-refractivity contribution >= 4 is 38.9 Å². The van der Waals surface area contributed by atoms with Crippen LogP contribution in [0, 0.1) is 0 Å². The zero-order chi connectivity index (χ0) is 15.6. The van der Waals surface area contributed by atoms with Crippen LogP contribution in [0.25, 0.3) is 0 Å². The predicted octanol–water partition coefficient (Wildman–Crippen LogP) is 0.741. The van der Waals surface area contributed by atoms with Gasteiger partial charge < -0.3 is 10.8 Å². The number of nitrogens with one attached hydrogen (secondary N) is 1. The van der Waals surface area contributed by atoms with E-state index in [0.717, 1.165) is 5.51 Å². The Morgan fingerprint density at radius 1 is 1.33 bits per heavy atom. The number of carboxylic acid groups (broad SMARTS) is 1. The van der Waals surface area contributed by atoms with Crippen LogP contribution in [0.4, 0.5) is 5.69 Å². The highest BCUT2D eigenvalue weighted by molar-refractivity contribution is 7.94. The Kier molecular flexibility index (Phi) is 3.91. The highest BCUT2D eigenvalue weighted by Crippen LogP contribution is 2.23. The zero-order valence-corrected chi connectivity index (χ0v) is 11.9. The number of primary amides is 1. The van der Waals surface area contributed by atoms with Crippen molar-refractivity contribution in [3.63, 3.8) is 0 Å². The van der Waals surface area contributed by atoms with Crippen LogP contribution in [0.5, 0.6) is 0 Å². The quantitative estimate of drug-likeness (QED) is 0.740. The van der Waals surface area contributed by atoms with Gasteiger partial charge in [0.05, 0.1) is 5.51 Å². The van der Waals surface area contributed by atoms with E-state index in [4.69, 9.17) is 10.8 Å². The topological polar surface area (TPSA) is 139 Å². The van der Waals surface area contributed by atoms with Gasteiger partial charge in [-0.3, -0.25) is 9.52 Å². The Morgan fingerprint density at radius 3 is 2.67 bits per heavy atom. The number of hydrogen-bond acceptors (Lipinski definition) is 6. The van der Waals surface area contributed by atoms with E-state index in [0.29, 0.717) is 11.3 Å². The van der Waals surface area contributed by atoms with E-state index >= 15 is 0 Å². The maximum atomic E-state index is 12.1. The zero-order valence-electron chi connectivity index (χ0n) is 10.3. The molecule has 0 unspecified atom stereocenters. The Balaban J connectivity index is 2.38. The molecule has 1 aromatic carbocycles. The van der Waals surface area contributed by atoms with Crippen molar-refractivity contribution in [2.75, 3.05) is 4.72 Å². The molecule has 1 amide bonds. The Bertz CT molecular complexity index is 813. The molecule has 0 spiro atoms. The smallest absolute Gasteiger partial charge is 0.356 e. The first kappa shape index (κ1) is 14.9. The summed E-state index contributed by atoms with van der Waals surface area (Å²) in [6.45, 7) is 0. The molecule has 0 radical (unpaired) electrons. The fourth-order valence-electron chi connectivity index (χ4n) is 1.51. The fourth-order valence-corrected chi connectivity index (χ4v) is 3.70. The summed E-state index contributed by atoms with van der Waals surface area (Å²) in [5, 5.41) is 8.89. The summed E-state index contributed by atoms with van der Waals surface area (Å²) >= 11 is 0.681. The van der Waals surface area contributed by atoms with Gasteiger partial charge in [-0.05, 0) is 18.2 Å². The summed E-state index contributed by atoms with van der Waals surface area (Å²) in [5.74, 6) is -2.15. The van der Waals surface area contributed by atoms with Crippen LogP contribution in [0.15, 0.2) is 34.0 Å². The van der Waals surface area contributed by atoms with Gasteiger partial charge in [-0.2, -0.15) is 0 Å². The minimum atomic E-state index is -4.12. The molecule has 0 aliphatic heterocycles. The van der Waals surface area contributed by atoms with Crippen LogP contribution >= 0.6 is 11.3 Å². The van der Waals surface area contributed by atoms with Gasteiger partial charge in [-0.1, -0.05) is 6.07 Å². The van der Waals surface area contributed by atoms with Gasteiger partial charge in [0.15, 0.2) is 9.90 Å². The van der Waals surface area contributed by atoms with E-state index in [1.54, 1.807) is 0 Å². The number of hydrogen-bond donors (Lipinski definition) is 3. The van der Waals surface area contributed by atoms with Crippen molar-refractivity contribution in [1.82, 2.24) is 4.98 Å². The molecule has 21 heavy (non-hydrogen) atoms. The van der Waals surface area contributed by atoms with E-state index < -0.39 is 31.8 Å². The minimum absolute atomic E-state index is 0.0936. The van der Waals surface area contributed by atoms with Crippen LogP contribution in [0.3, 0.4) is 0 Å². The van der Waals surface area contributed by atoms with Gasteiger partial charge in [-0.25, -0.2) is 18.2 Å². The third kappa shape index (κ3) is 3.17. The first-order chi connectivity index (χ1) is 9.81. The van der Waals surface area contributed by atoms with Crippen LogP contribution < -0.4 is 10.5 Å². The SMILES string of the molecule is NC(=O)c1cccc(NS(=O)(=O)c2scnc2C(=O)O)c1. The second kappa shape index (κ2) is 5.50. The lowest BCUT2D eigenvalue weighted by molar-refractivity contribution is 0.0687. The van der Waals surface area contributed by atoms with Crippen molar-refractivity contribution in [3.05, 3.63) is 41.0 Å². The van der Waals surface area contributed by atoms with E-state index in [2.05, 4.69) is 9.71 Å². The van der Waals surface area contributed by atoms with Crippen molar-refractivity contribution in [1.29, 1.82) is 0 Å². The highest BCUT2D eigenvalue weighted by atomic mass is 32.2. The van der Waals surface area contributed by atoms with E-state index in [9.17, 15) is 18.0 Å². The molecule has 0 saturated heterocycles. The monoisotopic (exact) mass is 327 g/mol. The molecule has 0 aliphatic rings. The summed E-state index contributed by atoms with van der Waals surface area (Å²) in [6.07, 6.45) is 0. The molecule has 110 valence electrons. The summed E-state index contributed by atoms with van der Waals surface area (Å²) < 4.78 is 26.1. The molecule has 0 aliphatic carbocycles. The number of aromatic nitrogens is 1. The van der Waals surface area contributed by atoms with Crippen LogP contribution in [-0.2, 0) is 10.0 Å². The second-order valence-corrected chi connectivity index (χ2v) is 6.58. The number of carboxylic acids is 1. The molecular weight excluding hydrogens is 318 g/mol. The molecule has 10 heteroatoms. The first-order valence-electron chi connectivity index (χ1n) is 5.41. The minimum Gasteiger partial charge on any atom is -0.476 e. The maximum absolute atomic E-state index is 12.1. The number of sulfonamides is 1. The number of rotatable bonds is 5. The van der Waals surface area contributed by atoms with Crippen LogP contribution in [0.2, 0.25) is 0 Å². The number of benzene rings is 1. The molecule has 2 aromatic rings. The van der Waals surface area contributed by atoms with Crippen molar-refractivity contribution in [2.45, 2.75) is 4.21 Å². The molecule has 2 rings (SSSR count). The predicted molar refractivity (Wildman–Crippen MR) is 74.8 cm³/mol. The number of carbonyl (C=O) groups excluding carboxylic acids is 1. The lowest BCUT2D eigenvalue weighted by atomic mass is 10.2. The number of nitrogens with zero attached hydrogens (tertiary/aromatic N) is 1. The van der Waals surface area contributed by atoms with E-state index in [-0.39, 0.29) is 11.3 Å². The van der Waals surface area contributed by atoms with Crippen LogP contribution in [-0.4, -0.2) is 30.4 Å². The second-order valence-electron chi connectivity index (χ2n) is 3.84. The number of aromatic carboxylic acids is 1. The number of carbonyl (C=O) groups is 2. The van der Waals surface area contributed by atoms with E-state index in [1.165, 1.54) is 24.3 Å². The Hall–Kier alpha value is -2.46. The lowest BCUT2D eigenvalue weighted by Gasteiger charge is -2.07. The molecule has 0 atom stereocenters. The third-order valence-corrected chi connectivity index (χ3v) is 5.13. The van der Waals surface area contributed by atoms with Crippen molar-refractivity contribution < 1.29 is 23.1 Å². The summed E-state index contributed by atoms with van der Waals surface area (Å²) in [7, 11) is -4.12. The Labute approximate surface area is 123 Å². The van der Waals surface area contributed by atoms with Gasteiger partial charge in [0, 0.05) is 11.3 Å². The largest absolute Gasteiger partial charge is 0.476 e. The molecule has 1 heterocycles. The number of nitrogens with two attached hydrogens (primary N) is 1. The molecule has 8 nitrogen and oxygen atoms in total. The number of amides is 1. The Morgan fingerprint density at radius 2 is 2.05 bits per heavy atom. The average Bonchev–Trinajstić information content (AvgIpc) is 2.88. The van der Waals surface area contributed by atoms with Gasteiger partial charge in [0.1, 0.15) is 0 Å². The molecule has 0 saturated carbocycles. The molecule has 1 aromatic heterocycles. The lowest BCUT2D eigenvalue weighted by Crippen LogP contribution is -2.16. The summed E-state index contributed by atoms with van der Waals surface area (Å²) in [5.41, 5.74) is 5.89. The van der Waals surface area contributed by atoms with Crippen molar-refractivity contribution in [2.24, 2.45) is 5.73 Å². The summed E-state index contributed by atoms with van der Waals surface area (Å²) in [6, 6.07) is 5.53. The van der Waals surface area contributed by atoms with Gasteiger partial charge in [0.25, 0.3) is 10.0 Å². The van der Waals surface area contributed by atoms with Gasteiger partial charge in [-0.15, -0.1) is 11.3 Å². The van der Waals surface area contributed by atoms with E-state index in [1.807, 2.05) is 0 Å². The number of anilines is 1. The molecule has 0 bridgehead atoms. The fraction of sp³-hybridized carbons (Fsp3) is 0. The standard InChI is InChI=1S/C11H9N3O5S2/c12-9(15)6-2-1-3-7(4-6)14-21(18,19)11-8(10(16)17)13-5-20-11/h1-5,14H,(H2,12,15)(H,16,17). The van der Waals surface area contributed by atoms with Gasteiger partial charge >= 0.3 is 5.97 Å². The molecule has 4 N–H and O–H groups in total. The summed E-state index contributed by atoms with van der Waals surface area (Å²) in [4.78, 5) is 25.5. The maximum Gasteiger partial charge on any atom is 0.356 e. The number of thiazole rings is 1. The normalized spacial score (nSPS) is 11.0. The molecule has 0 fully saturated rings. The molecular formula is C11H9N3O5S2. The average molecular weight is 327 g/mol. The highest BCUT2D eigenvalue weighted by Gasteiger charge is 2.25. The van der Waals surface area contributed by atoms with Gasteiger partial charge in [0.2, 0.25) is 5.91 Å². The first-order valence-corrected chi connectivity index (χ1v) is 7.77. The third-order valence-electron chi connectivity index (χ3n) is 2.38. The van der Waals surface area contributed by atoms with Crippen LogP contribution in [0.1, 0.15) is 20.8 Å².